The van der Waals surface area contributed by atoms with E-state index >= 15 is 0 Å². The second kappa shape index (κ2) is 6.74. The lowest BCUT2D eigenvalue weighted by atomic mass is 9.89. The fourth-order valence-electron chi connectivity index (χ4n) is 1.83. The zero-order chi connectivity index (χ0) is 11.3. The molecule has 86 valence electrons. The molecule has 0 atom stereocenters. The summed E-state index contributed by atoms with van der Waals surface area (Å²) in [6.07, 6.45) is 5.92. The predicted octanol–water partition coefficient (Wildman–Crippen LogP) is 4.02. The zero-order valence-electron chi connectivity index (χ0n) is 8.89. The van der Waals surface area contributed by atoms with E-state index in [1.165, 1.54) is 19.3 Å². The van der Waals surface area contributed by atoms with Crippen LogP contribution < -0.4 is 0 Å². The SMILES string of the molecule is CCOC(=O)/C(I)=C(\Cl)C1CCCCC1. The first kappa shape index (κ1) is 13.3. The van der Waals surface area contributed by atoms with Gasteiger partial charge >= 0.3 is 5.97 Å². The van der Waals surface area contributed by atoms with Crippen LogP contribution in [0.2, 0.25) is 0 Å². The van der Waals surface area contributed by atoms with Gasteiger partial charge in [-0.05, 0) is 48.3 Å². The molecule has 15 heavy (non-hydrogen) atoms. The summed E-state index contributed by atoms with van der Waals surface area (Å²) in [6, 6.07) is 0. The third-order valence-electron chi connectivity index (χ3n) is 2.63. The van der Waals surface area contributed by atoms with Gasteiger partial charge in [-0.3, -0.25) is 0 Å². The van der Waals surface area contributed by atoms with Gasteiger partial charge in [-0.25, -0.2) is 4.79 Å². The lowest BCUT2D eigenvalue weighted by Gasteiger charge is -2.21. The lowest BCUT2D eigenvalue weighted by Crippen LogP contribution is -2.11. The van der Waals surface area contributed by atoms with E-state index in [4.69, 9.17) is 16.3 Å². The molecule has 2 nitrogen and oxygen atoms in total. The second-order valence-corrected chi connectivity index (χ2v) is 5.20. The first-order valence-corrected chi connectivity index (χ1v) is 6.84. The van der Waals surface area contributed by atoms with Gasteiger partial charge in [-0.15, -0.1) is 0 Å². The van der Waals surface area contributed by atoms with Crippen molar-refractivity contribution in [3.8, 4) is 0 Å². The maximum Gasteiger partial charge on any atom is 0.345 e. The summed E-state index contributed by atoms with van der Waals surface area (Å²) in [5, 5.41) is 0.703. The van der Waals surface area contributed by atoms with Crippen molar-refractivity contribution in [2.75, 3.05) is 6.61 Å². The Morgan fingerprint density at radius 2 is 2.00 bits per heavy atom. The quantitative estimate of drug-likeness (QED) is 0.440. The fraction of sp³-hybridized carbons (Fsp3) is 0.727. The summed E-state index contributed by atoms with van der Waals surface area (Å²) < 4.78 is 5.49. The molecule has 0 radical (unpaired) electrons. The van der Waals surface area contributed by atoms with Crippen molar-refractivity contribution < 1.29 is 9.53 Å². The molecular weight excluding hydrogens is 326 g/mol. The van der Waals surface area contributed by atoms with Crippen LogP contribution >= 0.6 is 34.2 Å². The molecule has 1 rings (SSSR count). The average Bonchev–Trinajstić information content (AvgIpc) is 2.28. The predicted molar refractivity (Wildman–Crippen MR) is 70.1 cm³/mol. The molecule has 0 aromatic rings. The number of esters is 1. The maximum atomic E-state index is 11.5. The molecular formula is C11H16ClIO2. The highest BCUT2D eigenvalue weighted by Crippen LogP contribution is 2.35. The highest BCUT2D eigenvalue weighted by atomic mass is 127. The van der Waals surface area contributed by atoms with Crippen LogP contribution in [0.15, 0.2) is 8.61 Å². The van der Waals surface area contributed by atoms with Crippen LogP contribution in [0.1, 0.15) is 39.0 Å². The maximum absolute atomic E-state index is 11.5. The number of ether oxygens (including phenoxy) is 1. The highest BCUT2D eigenvalue weighted by molar-refractivity contribution is 14.1. The number of rotatable bonds is 3. The molecule has 1 aliphatic rings. The topological polar surface area (TPSA) is 26.3 Å². The Kier molecular flexibility index (Phi) is 5.97. The second-order valence-electron chi connectivity index (χ2n) is 3.72. The van der Waals surface area contributed by atoms with E-state index in [1.807, 2.05) is 22.6 Å². The van der Waals surface area contributed by atoms with E-state index < -0.39 is 0 Å². The lowest BCUT2D eigenvalue weighted by molar-refractivity contribution is -0.137. The van der Waals surface area contributed by atoms with Crippen LogP contribution in [0.3, 0.4) is 0 Å². The molecule has 1 saturated carbocycles. The molecule has 1 fully saturated rings. The van der Waals surface area contributed by atoms with Crippen molar-refractivity contribution in [2.24, 2.45) is 5.92 Å². The van der Waals surface area contributed by atoms with Crippen molar-refractivity contribution in [3.63, 3.8) is 0 Å². The number of hydrogen-bond acceptors (Lipinski definition) is 2. The summed E-state index contributed by atoms with van der Waals surface area (Å²) in [4.78, 5) is 11.5. The minimum Gasteiger partial charge on any atom is -0.462 e. The van der Waals surface area contributed by atoms with E-state index in [2.05, 4.69) is 0 Å². The van der Waals surface area contributed by atoms with E-state index in [-0.39, 0.29) is 5.97 Å². The monoisotopic (exact) mass is 342 g/mol. The van der Waals surface area contributed by atoms with Gasteiger partial charge in [-0.2, -0.15) is 0 Å². The first-order chi connectivity index (χ1) is 7.16. The van der Waals surface area contributed by atoms with E-state index in [0.29, 0.717) is 21.1 Å². The van der Waals surface area contributed by atoms with Gasteiger partial charge in [0.25, 0.3) is 0 Å². The van der Waals surface area contributed by atoms with Crippen molar-refractivity contribution >= 4 is 40.2 Å². The fourth-order valence-corrected chi connectivity index (χ4v) is 2.72. The van der Waals surface area contributed by atoms with Crippen LogP contribution in [0.25, 0.3) is 0 Å². The Morgan fingerprint density at radius 1 is 1.40 bits per heavy atom. The number of hydrogen-bond donors (Lipinski definition) is 0. The Labute approximate surface area is 110 Å². The van der Waals surface area contributed by atoms with E-state index in [1.54, 1.807) is 6.92 Å². The molecule has 0 unspecified atom stereocenters. The molecule has 0 aromatic heterocycles. The van der Waals surface area contributed by atoms with Crippen LogP contribution in [0.4, 0.5) is 0 Å². The molecule has 0 amide bonds. The smallest absolute Gasteiger partial charge is 0.345 e. The summed E-state index contributed by atoms with van der Waals surface area (Å²) in [6.45, 7) is 2.20. The van der Waals surface area contributed by atoms with Crippen molar-refractivity contribution in [3.05, 3.63) is 8.61 Å². The molecule has 0 aliphatic heterocycles. The minimum absolute atomic E-state index is 0.284. The van der Waals surface area contributed by atoms with Crippen LogP contribution in [-0.4, -0.2) is 12.6 Å². The highest BCUT2D eigenvalue weighted by Gasteiger charge is 2.22. The Hall–Kier alpha value is 0.230. The van der Waals surface area contributed by atoms with Gasteiger partial charge in [0.05, 0.1) is 6.61 Å². The largest absolute Gasteiger partial charge is 0.462 e. The number of halogens is 2. The van der Waals surface area contributed by atoms with Crippen molar-refractivity contribution in [1.29, 1.82) is 0 Å². The standard InChI is InChI=1S/C11H16ClIO2/c1-2-15-11(14)10(13)9(12)8-6-4-3-5-7-8/h8H,2-7H2,1H3/b10-9+. The van der Waals surface area contributed by atoms with E-state index in [0.717, 1.165) is 12.8 Å². The molecule has 1 aliphatic carbocycles. The van der Waals surface area contributed by atoms with Crippen molar-refractivity contribution in [1.82, 2.24) is 0 Å². The van der Waals surface area contributed by atoms with Crippen LogP contribution in [0.5, 0.6) is 0 Å². The Balaban J connectivity index is 2.65. The molecule has 0 N–H and O–H groups in total. The van der Waals surface area contributed by atoms with Gasteiger partial charge in [0.2, 0.25) is 0 Å². The van der Waals surface area contributed by atoms with Crippen LogP contribution in [0, 0.1) is 5.92 Å². The number of allylic oxidation sites excluding steroid dienone is 1. The number of carbonyl (C=O) groups excluding carboxylic acids is 1. The minimum atomic E-state index is -0.284. The summed E-state index contributed by atoms with van der Waals surface area (Å²) in [5.41, 5.74) is 0. The summed E-state index contributed by atoms with van der Waals surface area (Å²) in [5.74, 6) is 0.0883. The summed E-state index contributed by atoms with van der Waals surface area (Å²) in [7, 11) is 0. The Bertz CT molecular complexity index is 257. The molecule has 0 heterocycles. The molecule has 0 saturated heterocycles. The zero-order valence-corrected chi connectivity index (χ0v) is 11.8. The molecule has 0 spiro atoms. The molecule has 0 bridgehead atoms. The van der Waals surface area contributed by atoms with Gasteiger partial charge in [0.15, 0.2) is 0 Å². The van der Waals surface area contributed by atoms with E-state index in [9.17, 15) is 4.79 Å². The molecule has 4 heteroatoms. The third kappa shape index (κ3) is 3.94. The summed E-state index contributed by atoms with van der Waals surface area (Å²) >= 11 is 8.20. The van der Waals surface area contributed by atoms with Gasteiger partial charge in [0, 0.05) is 5.03 Å². The normalized spacial score (nSPS) is 19.7. The molecule has 0 aromatic carbocycles. The number of carbonyl (C=O) groups is 1. The van der Waals surface area contributed by atoms with Crippen molar-refractivity contribution in [2.45, 2.75) is 39.0 Å². The van der Waals surface area contributed by atoms with Crippen LogP contribution in [-0.2, 0) is 9.53 Å². The first-order valence-electron chi connectivity index (χ1n) is 5.39. The van der Waals surface area contributed by atoms with Gasteiger partial charge in [-0.1, -0.05) is 30.9 Å². The Morgan fingerprint density at radius 3 is 2.53 bits per heavy atom. The third-order valence-corrected chi connectivity index (χ3v) is 4.47. The van der Waals surface area contributed by atoms with Gasteiger partial charge in [0.1, 0.15) is 3.58 Å². The average molecular weight is 343 g/mol. The van der Waals surface area contributed by atoms with Gasteiger partial charge < -0.3 is 4.74 Å².